The predicted molar refractivity (Wildman–Crippen MR) is 113 cm³/mol. The number of aryl methyl sites for hydroxylation is 1. The van der Waals surface area contributed by atoms with Crippen LogP contribution in [0.15, 0.2) is 62.6 Å². The monoisotopic (exact) mass is 490 g/mol. The number of carbonyl (C=O) groups excluding carboxylic acids is 1. The van der Waals surface area contributed by atoms with Crippen molar-refractivity contribution in [2.45, 2.75) is 6.92 Å². The van der Waals surface area contributed by atoms with E-state index in [9.17, 15) is 9.90 Å². The van der Waals surface area contributed by atoms with Crippen LogP contribution < -0.4 is 10.2 Å². The minimum Gasteiger partial charge on any atom is -0.506 e. The molecular weight excluding hydrogens is 476 g/mol. The maximum absolute atomic E-state index is 12.0. The Bertz CT molecular complexity index is 1010. The third-order valence-corrected chi connectivity index (χ3v) is 5.29. The Labute approximate surface area is 173 Å². The zero-order valence-electron chi connectivity index (χ0n) is 14.4. The second-order valence-electron chi connectivity index (χ2n) is 5.85. The van der Waals surface area contributed by atoms with Gasteiger partial charge in [-0.05, 0) is 78.9 Å². The molecule has 3 rings (SSSR count). The first-order valence-corrected chi connectivity index (χ1v) is 9.65. The molecule has 0 aliphatic carbocycles. The van der Waals surface area contributed by atoms with Gasteiger partial charge in [-0.2, -0.15) is 5.10 Å². The summed E-state index contributed by atoms with van der Waals surface area (Å²) in [5.41, 5.74) is 3.88. The van der Waals surface area contributed by atoms with Gasteiger partial charge in [-0.1, -0.05) is 30.3 Å². The molecular formula is C20H16Br2N2O3. The highest BCUT2D eigenvalue weighted by Crippen LogP contribution is 2.33. The molecule has 5 nitrogen and oxygen atoms in total. The lowest BCUT2D eigenvalue weighted by Gasteiger charge is -2.09. The molecule has 0 saturated carbocycles. The summed E-state index contributed by atoms with van der Waals surface area (Å²) in [6, 6.07) is 15.1. The van der Waals surface area contributed by atoms with Gasteiger partial charge in [-0.3, -0.25) is 4.79 Å². The smallest absolute Gasteiger partial charge is 0.277 e. The van der Waals surface area contributed by atoms with Crippen LogP contribution in [0, 0.1) is 6.92 Å². The third kappa shape index (κ3) is 4.67. The highest BCUT2D eigenvalue weighted by Gasteiger charge is 2.08. The SMILES string of the molecule is Cc1cc(/C=N/NC(=O)COc2ccc3ccccc3c2Br)cc(Br)c1O. The molecule has 2 N–H and O–H groups in total. The highest BCUT2D eigenvalue weighted by molar-refractivity contribution is 9.11. The van der Waals surface area contributed by atoms with Crippen molar-refractivity contribution < 1.29 is 14.6 Å². The number of halogens is 2. The lowest BCUT2D eigenvalue weighted by molar-refractivity contribution is -0.123. The van der Waals surface area contributed by atoms with E-state index in [1.165, 1.54) is 6.21 Å². The van der Waals surface area contributed by atoms with Crippen molar-refractivity contribution in [2.24, 2.45) is 5.10 Å². The van der Waals surface area contributed by atoms with Gasteiger partial charge in [0.05, 0.1) is 15.2 Å². The van der Waals surface area contributed by atoms with Gasteiger partial charge >= 0.3 is 0 Å². The maximum Gasteiger partial charge on any atom is 0.277 e. The molecule has 0 saturated heterocycles. The van der Waals surface area contributed by atoms with Crippen molar-refractivity contribution >= 4 is 54.8 Å². The van der Waals surface area contributed by atoms with Crippen molar-refractivity contribution in [3.8, 4) is 11.5 Å². The molecule has 0 aliphatic rings. The number of carbonyl (C=O) groups is 1. The van der Waals surface area contributed by atoms with E-state index in [2.05, 4.69) is 42.4 Å². The van der Waals surface area contributed by atoms with Gasteiger partial charge in [-0.15, -0.1) is 0 Å². The predicted octanol–water partition coefficient (Wildman–Crippen LogP) is 4.91. The Morgan fingerprint density at radius 3 is 2.78 bits per heavy atom. The zero-order chi connectivity index (χ0) is 19.4. The molecule has 0 aromatic heterocycles. The van der Waals surface area contributed by atoms with E-state index in [-0.39, 0.29) is 18.3 Å². The van der Waals surface area contributed by atoms with Crippen molar-refractivity contribution in [3.05, 3.63) is 68.6 Å². The van der Waals surface area contributed by atoms with Crippen molar-refractivity contribution in [3.63, 3.8) is 0 Å². The molecule has 27 heavy (non-hydrogen) atoms. The first-order valence-electron chi connectivity index (χ1n) is 8.07. The molecule has 0 radical (unpaired) electrons. The topological polar surface area (TPSA) is 70.9 Å². The standard InChI is InChI=1S/C20H16Br2N2O3/c1-12-8-13(9-16(21)20(12)26)10-23-24-18(25)11-27-17-7-6-14-4-2-3-5-15(14)19(17)22/h2-10,26H,11H2,1H3,(H,24,25)/b23-10+. The van der Waals surface area contributed by atoms with Crippen LogP contribution in [0.1, 0.15) is 11.1 Å². The van der Waals surface area contributed by atoms with Crippen molar-refractivity contribution in [1.82, 2.24) is 5.43 Å². The van der Waals surface area contributed by atoms with Crippen molar-refractivity contribution in [1.29, 1.82) is 0 Å². The van der Waals surface area contributed by atoms with Crippen molar-refractivity contribution in [2.75, 3.05) is 6.61 Å². The molecule has 1 amide bonds. The molecule has 138 valence electrons. The average molecular weight is 492 g/mol. The molecule has 0 atom stereocenters. The van der Waals surface area contributed by atoms with Gasteiger partial charge in [0.25, 0.3) is 5.91 Å². The van der Waals surface area contributed by atoms with E-state index in [1.807, 2.05) is 36.4 Å². The number of hydrogen-bond acceptors (Lipinski definition) is 4. The Morgan fingerprint density at radius 2 is 2.00 bits per heavy atom. The number of benzene rings is 3. The number of rotatable bonds is 5. The molecule has 3 aromatic rings. The summed E-state index contributed by atoms with van der Waals surface area (Å²) in [6.45, 7) is 1.62. The van der Waals surface area contributed by atoms with E-state index < -0.39 is 0 Å². The van der Waals surface area contributed by atoms with Gasteiger partial charge in [0, 0.05) is 0 Å². The molecule has 0 bridgehead atoms. The Morgan fingerprint density at radius 1 is 1.22 bits per heavy atom. The highest BCUT2D eigenvalue weighted by atomic mass is 79.9. The number of nitrogens with zero attached hydrogens (tertiary/aromatic N) is 1. The minimum absolute atomic E-state index is 0.160. The summed E-state index contributed by atoms with van der Waals surface area (Å²) in [4.78, 5) is 12.0. The summed E-state index contributed by atoms with van der Waals surface area (Å²) >= 11 is 6.79. The van der Waals surface area contributed by atoms with Gasteiger partial charge in [0.1, 0.15) is 11.5 Å². The van der Waals surface area contributed by atoms with E-state index >= 15 is 0 Å². The number of nitrogens with one attached hydrogen (secondary N) is 1. The van der Waals surface area contributed by atoms with E-state index in [1.54, 1.807) is 19.1 Å². The quantitative estimate of drug-likeness (QED) is 0.393. The number of aromatic hydroxyl groups is 1. The largest absolute Gasteiger partial charge is 0.506 e. The van der Waals surface area contributed by atoms with Gasteiger partial charge in [0.15, 0.2) is 6.61 Å². The normalized spacial score (nSPS) is 11.1. The second kappa shape index (κ2) is 8.54. The van der Waals surface area contributed by atoms with Crippen LogP contribution in [0.4, 0.5) is 0 Å². The fourth-order valence-electron chi connectivity index (χ4n) is 2.52. The number of phenols is 1. The summed E-state index contributed by atoms with van der Waals surface area (Å²) in [5, 5.41) is 15.7. The number of fused-ring (bicyclic) bond motifs is 1. The molecule has 3 aromatic carbocycles. The molecule has 0 fully saturated rings. The number of amides is 1. The number of phenolic OH excluding ortho intramolecular Hbond substituents is 1. The van der Waals surface area contributed by atoms with E-state index in [4.69, 9.17) is 4.74 Å². The minimum atomic E-state index is -0.374. The van der Waals surface area contributed by atoms with Gasteiger partial charge < -0.3 is 9.84 Å². The molecule has 0 heterocycles. The number of hydrogen-bond donors (Lipinski definition) is 2. The van der Waals surface area contributed by atoms with Gasteiger partial charge in [0.2, 0.25) is 0 Å². The Balaban J connectivity index is 1.59. The maximum atomic E-state index is 12.0. The lowest BCUT2D eigenvalue weighted by Crippen LogP contribution is -2.24. The second-order valence-corrected chi connectivity index (χ2v) is 7.50. The summed E-state index contributed by atoms with van der Waals surface area (Å²) in [6.07, 6.45) is 1.50. The first kappa shape index (κ1) is 19.4. The summed E-state index contributed by atoms with van der Waals surface area (Å²) < 4.78 is 6.97. The van der Waals surface area contributed by atoms with Crippen LogP contribution in [-0.2, 0) is 4.79 Å². The fourth-order valence-corrected chi connectivity index (χ4v) is 3.70. The van der Waals surface area contributed by atoms with E-state index in [0.717, 1.165) is 20.8 Å². The van der Waals surface area contributed by atoms with Crippen LogP contribution in [0.5, 0.6) is 11.5 Å². The molecule has 0 unspecified atom stereocenters. The van der Waals surface area contributed by atoms with Crippen LogP contribution >= 0.6 is 31.9 Å². The zero-order valence-corrected chi connectivity index (χ0v) is 17.5. The van der Waals surface area contributed by atoms with Gasteiger partial charge in [-0.25, -0.2) is 5.43 Å². The summed E-state index contributed by atoms with van der Waals surface area (Å²) in [5.74, 6) is 0.400. The summed E-state index contributed by atoms with van der Waals surface area (Å²) in [7, 11) is 0. The first-order chi connectivity index (χ1) is 13.0. The number of ether oxygens (including phenoxy) is 1. The van der Waals surface area contributed by atoms with Crippen LogP contribution in [-0.4, -0.2) is 23.8 Å². The molecule has 7 heteroatoms. The fraction of sp³-hybridized carbons (Fsp3) is 0.100. The van der Waals surface area contributed by atoms with Crippen LogP contribution in [0.25, 0.3) is 10.8 Å². The lowest BCUT2D eigenvalue weighted by atomic mass is 10.1. The van der Waals surface area contributed by atoms with Crippen LogP contribution in [0.3, 0.4) is 0 Å². The Kier molecular flexibility index (Phi) is 6.13. The molecule has 0 spiro atoms. The average Bonchev–Trinajstić information content (AvgIpc) is 2.66. The Hall–Kier alpha value is -2.38. The molecule has 0 aliphatic heterocycles. The number of hydrazone groups is 1. The van der Waals surface area contributed by atoms with E-state index in [0.29, 0.717) is 15.8 Å². The third-order valence-electron chi connectivity index (χ3n) is 3.87. The van der Waals surface area contributed by atoms with Crippen LogP contribution in [0.2, 0.25) is 0 Å².